The normalized spacial score (nSPS) is 17.4. The number of rotatable bonds is 0. The number of fused-ring (bicyclic) bond motifs is 1. The largest absolute Gasteiger partial charge is 0.454 e. The first-order chi connectivity index (χ1) is 6.92. The van der Waals surface area contributed by atoms with Crippen LogP contribution in [0, 0.1) is 17.8 Å². The van der Waals surface area contributed by atoms with Crippen molar-refractivity contribution in [1.29, 1.82) is 0 Å². The maximum Gasteiger partial charge on any atom is 0.231 e. The predicted octanol–water partition coefficient (Wildman–Crippen LogP) is 2.18. The summed E-state index contributed by atoms with van der Waals surface area (Å²) in [5.41, 5.74) is 1.01. The minimum absolute atomic E-state index is 0.328. The minimum Gasteiger partial charge on any atom is -0.454 e. The molecule has 0 unspecified atom stereocenters. The summed E-state index contributed by atoms with van der Waals surface area (Å²) in [6.45, 7) is 0.328. The van der Waals surface area contributed by atoms with Crippen LogP contribution in [0.2, 0.25) is 0 Å². The number of hydrogen-bond acceptors (Lipinski definition) is 2. The summed E-state index contributed by atoms with van der Waals surface area (Å²) in [5, 5.41) is 0. The van der Waals surface area contributed by atoms with E-state index in [1.165, 1.54) is 12.8 Å². The third kappa shape index (κ3) is 1.42. The van der Waals surface area contributed by atoms with Gasteiger partial charge in [-0.2, -0.15) is 0 Å². The van der Waals surface area contributed by atoms with E-state index < -0.39 is 0 Å². The van der Waals surface area contributed by atoms with Crippen LogP contribution < -0.4 is 9.47 Å². The van der Waals surface area contributed by atoms with Crippen molar-refractivity contribution < 1.29 is 9.47 Å². The quantitative estimate of drug-likeness (QED) is 0.578. The molecular weight excluding hydrogens is 176 g/mol. The van der Waals surface area contributed by atoms with Crippen molar-refractivity contribution in [1.82, 2.24) is 0 Å². The summed E-state index contributed by atoms with van der Waals surface area (Å²) in [4.78, 5) is 0. The fourth-order valence-electron chi connectivity index (χ4n) is 1.39. The van der Waals surface area contributed by atoms with Gasteiger partial charge in [-0.15, -0.1) is 0 Å². The molecule has 1 saturated carbocycles. The molecule has 1 aliphatic heterocycles. The molecule has 1 fully saturated rings. The van der Waals surface area contributed by atoms with Crippen LogP contribution in [0.4, 0.5) is 0 Å². The van der Waals surface area contributed by atoms with E-state index >= 15 is 0 Å². The highest BCUT2D eigenvalue weighted by atomic mass is 16.7. The van der Waals surface area contributed by atoms with Gasteiger partial charge < -0.3 is 9.47 Å². The lowest BCUT2D eigenvalue weighted by Gasteiger charge is -1.94. The second kappa shape index (κ2) is 2.95. The lowest BCUT2D eigenvalue weighted by atomic mass is 10.2. The van der Waals surface area contributed by atoms with Gasteiger partial charge in [0.2, 0.25) is 6.79 Å². The molecule has 1 aromatic rings. The smallest absolute Gasteiger partial charge is 0.231 e. The minimum atomic E-state index is 0.328. The molecule has 0 radical (unpaired) electrons. The molecular formula is C12H10O2. The number of ether oxygens (including phenoxy) is 2. The maximum atomic E-state index is 5.27. The van der Waals surface area contributed by atoms with Gasteiger partial charge in [-0.05, 0) is 31.0 Å². The Morgan fingerprint density at radius 2 is 2.00 bits per heavy atom. The molecule has 0 aromatic heterocycles. The summed E-state index contributed by atoms with van der Waals surface area (Å²) >= 11 is 0. The van der Waals surface area contributed by atoms with E-state index in [4.69, 9.17) is 9.47 Å². The molecule has 0 atom stereocenters. The average Bonchev–Trinajstić information content (AvgIpc) is 2.92. The van der Waals surface area contributed by atoms with E-state index in [1.807, 2.05) is 18.2 Å². The Balaban J connectivity index is 1.89. The lowest BCUT2D eigenvalue weighted by molar-refractivity contribution is 0.174. The Morgan fingerprint density at radius 1 is 1.14 bits per heavy atom. The first kappa shape index (κ1) is 7.75. The molecule has 2 nitrogen and oxygen atoms in total. The number of benzene rings is 1. The molecule has 2 aliphatic rings. The van der Waals surface area contributed by atoms with Crippen molar-refractivity contribution in [3.8, 4) is 23.3 Å². The van der Waals surface area contributed by atoms with E-state index in [0.717, 1.165) is 17.1 Å². The van der Waals surface area contributed by atoms with Gasteiger partial charge in [0.25, 0.3) is 0 Å². The van der Waals surface area contributed by atoms with Crippen LogP contribution in [0.3, 0.4) is 0 Å². The van der Waals surface area contributed by atoms with Gasteiger partial charge in [0.1, 0.15) is 0 Å². The van der Waals surface area contributed by atoms with Crippen molar-refractivity contribution in [2.24, 2.45) is 5.92 Å². The summed E-state index contributed by atoms with van der Waals surface area (Å²) in [6.07, 6.45) is 2.52. The zero-order valence-corrected chi connectivity index (χ0v) is 7.75. The summed E-state index contributed by atoms with van der Waals surface area (Å²) < 4.78 is 10.5. The van der Waals surface area contributed by atoms with E-state index in [1.54, 1.807) is 0 Å². The van der Waals surface area contributed by atoms with Crippen LogP contribution in [-0.4, -0.2) is 6.79 Å². The van der Waals surface area contributed by atoms with Crippen LogP contribution in [0.5, 0.6) is 11.5 Å². The lowest BCUT2D eigenvalue weighted by Crippen LogP contribution is -1.92. The van der Waals surface area contributed by atoms with Crippen LogP contribution >= 0.6 is 0 Å². The fraction of sp³-hybridized carbons (Fsp3) is 0.333. The standard InChI is InChI=1S/C12H10O2/c1-2-9(1)3-4-10-5-6-11-12(7-10)14-8-13-11/h5-7,9H,1-2,8H2. The molecule has 70 valence electrons. The van der Waals surface area contributed by atoms with Gasteiger partial charge in [0.15, 0.2) is 11.5 Å². The van der Waals surface area contributed by atoms with E-state index in [-0.39, 0.29) is 0 Å². The molecule has 1 aromatic carbocycles. The van der Waals surface area contributed by atoms with Gasteiger partial charge in [-0.1, -0.05) is 11.8 Å². The molecule has 2 heteroatoms. The highest BCUT2D eigenvalue weighted by molar-refractivity contribution is 5.49. The molecule has 0 saturated heterocycles. The van der Waals surface area contributed by atoms with Gasteiger partial charge in [-0.25, -0.2) is 0 Å². The van der Waals surface area contributed by atoms with Crippen LogP contribution in [-0.2, 0) is 0 Å². The van der Waals surface area contributed by atoms with E-state index in [0.29, 0.717) is 12.7 Å². The zero-order valence-electron chi connectivity index (χ0n) is 7.75. The molecule has 1 aliphatic carbocycles. The first-order valence-electron chi connectivity index (χ1n) is 4.83. The van der Waals surface area contributed by atoms with Gasteiger partial charge in [0.05, 0.1) is 0 Å². The molecule has 0 bridgehead atoms. The molecule has 0 amide bonds. The maximum absolute atomic E-state index is 5.27. The van der Waals surface area contributed by atoms with Gasteiger partial charge in [0, 0.05) is 11.5 Å². The zero-order chi connectivity index (χ0) is 9.38. The molecule has 3 rings (SSSR count). The van der Waals surface area contributed by atoms with Crippen molar-refractivity contribution in [3.05, 3.63) is 23.8 Å². The highest BCUT2D eigenvalue weighted by Crippen LogP contribution is 2.32. The Kier molecular flexibility index (Phi) is 1.63. The third-order valence-electron chi connectivity index (χ3n) is 2.37. The fourth-order valence-corrected chi connectivity index (χ4v) is 1.39. The van der Waals surface area contributed by atoms with Crippen molar-refractivity contribution in [3.63, 3.8) is 0 Å². The highest BCUT2D eigenvalue weighted by Gasteiger charge is 2.18. The molecule has 1 heterocycles. The number of hydrogen-bond donors (Lipinski definition) is 0. The van der Waals surface area contributed by atoms with Crippen molar-refractivity contribution in [2.45, 2.75) is 12.8 Å². The van der Waals surface area contributed by atoms with E-state index in [2.05, 4.69) is 11.8 Å². The van der Waals surface area contributed by atoms with Gasteiger partial charge >= 0.3 is 0 Å². The predicted molar refractivity (Wildman–Crippen MR) is 52.2 cm³/mol. The summed E-state index contributed by atoms with van der Waals surface area (Å²) in [5.74, 6) is 8.64. The third-order valence-corrected chi connectivity index (χ3v) is 2.37. The Bertz CT molecular complexity index is 422. The SMILES string of the molecule is C(#CC1CC1)c1ccc2c(c1)OCO2. The monoisotopic (exact) mass is 186 g/mol. The van der Waals surface area contributed by atoms with Crippen molar-refractivity contribution >= 4 is 0 Å². The summed E-state index contributed by atoms with van der Waals surface area (Å²) in [6, 6.07) is 5.83. The van der Waals surface area contributed by atoms with Gasteiger partial charge in [-0.3, -0.25) is 0 Å². The average molecular weight is 186 g/mol. The molecule has 0 N–H and O–H groups in total. The van der Waals surface area contributed by atoms with Crippen LogP contribution in [0.25, 0.3) is 0 Å². The Hall–Kier alpha value is -1.62. The molecule has 14 heavy (non-hydrogen) atoms. The second-order valence-electron chi connectivity index (χ2n) is 3.61. The van der Waals surface area contributed by atoms with Crippen LogP contribution in [0.15, 0.2) is 18.2 Å². The first-order valence-corrected chi connectivity index (χ1v) is 4.83. The second-order valence-corrected chi connectivity index (χ2v) is 3.61. The Morgan fingerprint density at radius 3 is 2.86 bits per heavy atom. The van der Waals surface area contributed by atoms with Crippen LogP contribution in [0.1, 0.15) is 18.4 Å². The summed E-state index contributed by atoms with van der Waals surface area (Å²) in [7, 11) is 0. The van der Waals surface area contributed by atoms with E-state index in [9.17, 15) is 0 Å². The molecule has 0 spiro atoms. The van der Waals surface area contributed by atoms with Crippen molar-refractivity contribution in [2.75, 3.05) is 6.79 Å². The Labute approximate surface area is 82.8 Å². The topological polar surface area (TPSA) is 18.5 Å².